The van der Waals surface area contributed by atoms with E-state index in [1.807, 2.05) is 18.2 Å². The minimum absolute atomic E-state index is 0.00236. The molecule has 0 unspecified atom stereocenters. The van der Waals surface area contributed by atoms with E-state index in [0.717, 1.165) is 16.9 Å². The second kappa shape index (κ2) is 10.4. The van der Waals surface area contributed by atoms with Crippen LogP contribution in [-0.2, 0) is 4.79 Å². The molecule has 0 atom stereocenters. The van der Waals surface area contributed by atoms with Crippen LogP contribution in [0.1, 0.15) is 51.7 Å². The molecule has 0 amide bonds. The van der Waals surface area contributed by atoms with E-state index in [1.165, 1.54) is 16.7 Å². The average Bonchev–Trinajstić information content (AvgIpc) is 3.10. The minimum Gasteiger partial charge on any atom is -0.435 e. The summed E-state index contributed by atoms with van der Waals surface area (Å²) in [6, 6.07) is 15.3. The molecule has 0 N–H and O–H groups in total. The zero-order valence-corrected chi connectivity index (χ0v) is 21.0. The van der Waals surface area contributed by atoms with Crippen molar-refractivity contribution in [2.24, 2.45) is 5.41 Å². The number of thiazole rings is 1. The van der Waals surface area contributed by atoms with E-state index < -0.39 is 12.0 Å². The predicted octanol–water partition coefficient (Wildman–Crippen LogP) is 4.74. The Hall–Kier alpha value is -3.57. The van der Waals surface area contributed by atoms with Crippen LogP contribution in [0.2, 0.25) is 0 Å². The SMILES string of the molecule is CC(C)c1ccc(-n2c(=O)/c(=C/c3ccc(OC(F)F)cc3)s/c2=C(/C#N)C(=O)C(C)(C)C)cc1. The van der Waals surface area contributed by atoms with Crippen LogP contribution in [0.4, 0.5) is 8.78 Å². The number of carbonyl (C=O) groups is 1. The van der Waals surface area contributed by atoms with Gasteiger partial charge in [0.2, 0.25) is 0 Å². The van der Waals surface area contributed by atoms with Gasteiger partial charge in [0, 0.05) is 5.41 Å². The van der Waals surface area contributed by atoms with Gasteiger partial charge in [-0.25, -0.2) is 0 Å². The first-order valence-corrected chi connectivity index (χ1v) is 11.8. The molecule has 0 fully saturated rings. The highest BCUT2D eigenvalue weighted by Crippen LogP contribution is 2.21. The molecule has 3 rings (SSSR count). The van der Waals surface area contributed by atoms with E-state index >= 15 is 0 Å². The number of ketones is 1. The number of ether oxygens (including phenoxy) is 1. The third kappa shape index (κ3) is 5.92. The minimum atomic E-state index is -2.93. The molecule has 0 radical (unpaired) electrons. The van der Waals surface area contributed by atoms with Crippen molar-refractivity contribution >= 4 is 28.8 Å². The van der Waals surface area contributed by atoms with Crippen molar-refractivity contribution in [3.05, 3.63) is 79.2 Å². The zero-order valence-electron chi connectivity index (χ0n) is 20.1. The highest BCUT2D eigenvalue weighted by molar-refractivity contribution is 7.07. The molecule has 8 heteroatoms. The Morgan fingerprint density at radius 2 is 1.69 bits per heavy atom. The summed E-state index contributed by atoms with van der Waals surface area (Å²) in [5.41, 5.74) is 0.922. The zero-order chi connectivity index (χ0) is 25.9. The van der Waals surface area contributed by atoms with Gasteiger partial charge in [-0.05, 0) is 47.4 Å². The summed E-state index contributed by atoms with van der Waals surface area (Å²) >= 11 is 1.04. The highest BCUT2D eigenvalue weighted by Gasteiger charge is 2.27. The van der Waals surface area contributed by atoms with Crippen LogP contribution < -0.4 is 19.5 Å². The summed E-state index contributed by atoms with van der Waals surface area (Å²) in [5, 5.41) is 9.89. The molecule has 1 heterocycles. The van der Waals surface area contributed by atoms with Crippen molar-refractivity contribution in [1.29, 1.82) is 5.26 Å². The molecule has 0 aliphatic carbocycles. The molecule has 0 aliphatic heterocycles. The van der Waals surface area contributed by atoms with Gasteiger partial charge in [-0.3, -0.25) is 14.2 Å². The van der Waals surface area contributed by atoms with Crippen molar-refractivity contribution in [1.82, 2.24) is 4.57 Å². The summed E-state index contributed by atoms with van der Waals surface area (Å²) in [4.78, 5) is 26.6. The normalized spacial score (nSPS) is 13.2. The fraction of sp³-hybridized carbons (Fsp3) is 0.296. The molecule has 35 heavy (non-hydrogen) atoms. The fourth-order valence-electron chi connectivity index (χ4n) is 3.36. The molecule has 1 aromatic heterocycles. The molecule has 0 bridgehead atoms. The number of hydrogen-bond donors (Lipinski definition) is 0. The number of nitrogens with zero attached hydrogens (tertiary/aromatic N) is 2. The van der Waals surface area contributed by atoms with Crippen LogP contribution in [0.15, 0.2) is 53.3 Å². The highest BCUT2D eigenvalue weighted by atomic mass is 32.1. The van der Waals surface area contributed by atoms with Gasteiger partial charge >= 0.3 is 6.61 Å². The van der Waals surface area contributed by atoms with Gasteiger partial charge in [-0.1, -0.05) is 58.9 Å². The lowest BCUT2D eigenvalue weighted by Gasteiger charge is -2.15. The smallest absolute Gasteiger partial charge is 0.387 e. The molecule has 0 saturated carbocycles. The first kappa shape index (κ1) is 26.0. The summed E-state index contributed by atoms with van der Waals surface area (Å²) < 4.78 is 31.2. The molecule has 3 aromatic rings. The molecule has 2 aromatic carbocycles. The molecule has 5 nitrogen and oxygen atoms in total. The van der Waals surface area contributed by atoms with Crippen LogP contribution in [0.25, 0.3) is 17.3 Å². The maximum absolute atomic E-state index is 13.5. The lowest BCUT2D eigenvalue weighted by Crippen LogP contribution is -2.33. The topological polar surface area (TPSA) is 72.1 Å². The Labute approximate surface area is 206 Å². The summed E-state index contributed by atoms with van der Waals surface area (Å²) in [6.45, 7) is 6.35. The lowest BCUT2D eigenvalue weighted by atomic mass is 9.87. The predicted molar refractivity (Wildman–Crippen MR) is 133 cm³/mol. The molecular formula is C27H26F2N2O3S. The quantitative estimate of drug-likeness (QED) is 0.494. The fourth-order valence-corrected chi connectivity index (χ4v) is 4.46. The monoisotopic (exact) mass is 496 g/mol. The Kier molecular flexibility index (Phi) is 7.71. The number of rotatable bonds is 6. The van der Waals surface area contributed by atoms with E-state index in [1.54, 1.807) is 51.1 Å². The molecule has 182 valence electrons. The van der Waals surface area contributed by atoms with E-state index in [9.17, 15) is 23.6 Å². The molecule has 0 saturated heterocycles. The van der Waals surface area contributed by atoms with Crippen LogP contribution in [0.3, 0.4) is 0 Å². The first-order valence-electron chi connectivity index (χ1n) is 11.0. The number of alkyl halides is 2. The number of carbonyl (C=O) groups excluding carboxylic acids is 1. The average molecular weight is 497 g/mol. The van der Waals surface area contributed by atoms with Crippen LogP contribution in [0, 0.1) is 16.7 Å². The van der Waals surface area contributed by atoms with E-state index in [-0.39, 0.29) is 27.3 Å². The third-order valence-electron chi connectivity index (χ3n) is 5.28. The van der Waals surface area contributed by atoms with Gasteiger partial charge in [-0.2, -0.15) is 14.0 Å². The number of hydrogen-bond acceptors (Lipinski definition) is 5. The largest absolute Gasteiger partial charge is 0.435 e. The Bertz CT molecular complexity index is 1440. The molecule has 0 aliphatic rings. The van der Waals surface area contributed by atoms with Crippen molar-refractivity contribution in [2.75, 3.05) is 0 Å². The van der Waals surface area contributed by atoms with Gasteiger partial charge in [-0.15, -0.1) is 11.3 Å². The number of Topliss-reactive ketones (excluding diaryl/α,β-unsaturated/α-hetero) is 1. The molecular weight excluding hydrogens is 470 g/mol. The number of aromatic nitrogens is 1. The van der Waals surface area contributed by atoms with Gasteiger partial charge in [0.1, 0.15) is 22.1 Å². The van der Waals surface area contributed by atoms with Crippen molar-refractivity contribution < 1.29 is 18.3 Å². The second-order valence-corrected chi connectivity index (χ2v) is 10.3. The van der Waals surface area contributed by atoms with Crippen LogP contribution >= 0.6 is 11.3 Å². The van der Waals surface area contributed by atoms with Crippen LogP contribution in [0.5, 0.6) is 5.75 Å². The van der Waals surface area contributed by atoms with Crippen molar-refractivity contribution in [2.45, 2.75) is 47.1 Å². The summed E-state index contributed by atoms with van der Waals surface area (Å²) in [7, 11) is 0. The van der Waals surface area contributed by atoms with Crippen LogP contribution in [-0.4, -0.2) is 17.0 Å². The number of benzene rings is 2. The Morgan fingerprint density at radius 3 is 2.17 bits per heavy atom. The maximum atomic E-state index is 13.5. The van der Waals surface area contributed by atoms with E-state index in [4.69, 9.17) is 0 Å². The Balaban J connectivity index is 2.29. The molecule has 0 spiro atoms. The van der Waals surface area contributed by atoms with Gasteiger partial charge in [0.15, 0.2) is 5.78 Å². The third-order valence-corrected chi connectivity index (χ3v) is 6.37. The maximum Gasteiger partial charge on any atom is 0.387 e. The van der Waals surface area contributed by atoms with E-state index in [0.29, 0.717) is 21.7 Å². The van der Waals surface area contributed by atoms with E-state index in [2.05, 4.69) is 18.6 Å². The van der Waals surface area contributed by atoms with Gasteiger partial charge < -0.3 is 4.74 Å². The van der Waals surface area contributed by atoms with Gasteiger partial charge in [0.05, 0.1) is 10.2 Å². The summed E-state index contributed by atoms with van der Waals surface area (Å²) in [5.74, 6) is -0.0660. The second-order valence-electron chi connectivity index (χ2n) is 9.32. The summed E-state index contributed by atoms with van der Waals surface area (Å²) in [6.07, 6.45) is 1.60. The number of nitriles is 1. The Morgan fingerprint density at radius 1 is 1.09 bits per heavy atom. The van der Waals surface area contributed by atoms with Crippen molar-refractivity contribution in [3.63, 3.8) is 0 Å². The van der Waals surface area contributed by atoms with Gasteiger partial charge in [0.25, 0.3) is 5.56 Å². The van der Waals surface area contributed by atoms with Crippen molar-refractivity contribution in [3.8, 4) is 17.5 Å². The lowest BCUT2D eigenvalue weighted by molar-refractivity contribution is -0.120. The first-order chi connectivity index (χ1) is 16.4. The standard InChI is InChI=1S/C27H26F2N2O3S/c1-16(2)18-8-10-19(11-9-18)31-24(33)22(14-17-6-12-20(13-7-17)34-26(28)29)35-25(31)21(15-30)23(32)27(3,4)5/h6-14,16,26H,1-5H3/b22-14-,25-21-. The number of halogens is 2.